The molecule has 1 atom stereocenters. The minimum atomic E-state index is 0.712. The maximum atomic E-state index is 6.10. The van der Waals surface area contributed by atoms with Crippen LogP contribution < -0.4 is 15.4 Å². The van der Waals surface area contributed by atoms with E-state index in [1.165, 1.54) is 19.4 Å². The number of rotatable bonds is 2. The number of benzene rings is 1. The van der Waals surface area contributed by atoms with Crippen LogP contribution >= 0.6 is 0 Å². The Morgan fingerprint density at radius 2 is 2.17 bits per heavy atom. The normalized spacial score (nSPS) is 24.1. The number of nitrogen functional groups attached to an aromatic ring is 1. The number of ether oxygens (including phenoxy) is 1. The van der Waals surface area contributed by atoms with E-state index < -0.39 is 0 Å². The first-order valence-electron chi connectivity index (χ1n) is 6.70. The monoisotopic (exact) mass is 247 g/mol. The van der Waals surface area contributed by atoms with Gasteiger partial charge < -0.3 is 15.4 Å². The average molecular weight is 247 g/mol. The van der Waals surface area contributed by atoms with Gasteiger partial charge >= 0.3 is 0 Å². The van der Waals surface area contributed by atoms with Crippen molar-refractivity contribution < 1.29 is 4.74 Å². The molecule has 4 heteroatoms. The summed E-state index contributed by atoms with van der Waals surface area (Å²) in [5.41, 5.74) is 8.08. The summed E-state index contributed by atoms with van der Waals surface area (Å²) in [6.45, 7) is 4.58. The molecule has 2 saturated heterocycles. The molecular weight excluding hydrogens is 226 g/mol. The second kappa shape index (κ2) is 4.69. The molecule has 98 valence electrons. The lowest BCUT2D eigenvalue weighted by Gasteiger charge is -2.39. The molecule has 0 amide bonds. The SMILES string of the molecule is COc1ccc(N)c(N2CCN3CCCC3C2)c1. The highest BCUT2D eigenvalue weighted by atomic mass is 16.5. The van der Waals surface area contributed by atoms with Crippen molar-refractivity contribution in [3.63, 3.8) is 0 Å². The highest BCUT2D eigenvalue weighted by molar-refractivity contribution is 5.70. The summed E-state index contributed by atoms with van der Waals surface area (Å²) in [5.74, 6) is 0.882. The third-order valence-corrected chi connectivity index (χ3v) is 4.17. The second-order valence-corrected chi connectivity index (χ2v) is 5.20. The zero-order chi connectivity index (χ0) is 12.5. The first-order valence-corrected chi connectivity index (χ1v) is 6.70. The van der Waals surface area contributed by atoms with Gasteiger partial charge in [0.1, 0.15) is 5.75 Å². The Labute approximate surface area is 108 Å². The number of nitrogens with two attached hydrogens (primary N) is 1. The molecule has 18 heavy (non-hydrogen) atoms. The van der Waals surface area contributed by atoms with Crippen LogP contribution in [0.1, 0.15) is 12.8 Å². The van der Waals surface area contributed by atoms with Gasteiger partial charge in [-0.05, 0) is 31.5 Å². The van der Waals surface area contributed by atoms with E-state index in [0.717, 1.165) is 36.8 Å². The number of fused-ring (bicyclic) bond motifs is 1. The lowest BCUT2D eigenvalue weighted by Crippen LogP contribution is -2.50. The minimum absolute atomic E-state index is 0.712. The maximum absolute atomic E-state index is 6.10. The molecule has 2 fully saturated rings. The lowest BCUT2D eigenvalue weighted by atomic mass is 10.1. The Bertz CT molecular complexity index is 435. The van der Waals surface area contributed by atoms with E-state index in [1.807, 2.05) is 12.1 Å². The molecule has 2 aliphatic rings. The Balaban J connectivity index is 1.82. The van der Waals surface area contributed by atoms with Crippen molar-refractivity contribution in [3.05, 3.63) is 18.2 Å². The van der Waals surface area contributed by atoms with Crippen LogP contribution in [0.4, 0.5) is 11.4 Å². The first-order chi connectivity index (χ1) is 8.78. The molecule has 0 aromatic heterocycles. The molecule has 3 rings (SSSR count). The van der Waals surface area contributed by atoms with E-state index in [1.54, 1.807) is 7.11 Å². The topological polar surface area (TPSA) is 41.7 Å². The van der Waals surface area contributed by atoms with E-state index >= 15 is 0 Å². The Hall–Kier alpha value is -1.42. The molecule has 4 nitrogen and oxygen atoms in total. The molecule has 2 N–H and O–H groups in total. The van der Waals surface area contributed by atoms with Crippen LogP contribution in [0.2, 0.25) is 0 Å². The van der Waals surface area contributed by atoms with Gasteiger partial charge in [-0.15, -0.1) is 0 Å². The fourth-order valence-corrected chi connectivity index (χ4v) is 3.13. The highest BCUT2D eigenvalue weighted by Crippen LogP contribution is 2.31. The summed E-state index contributed by atoms with van der Waals surface area (Å²) in [5, 5.41) is 0. The van der Waals surface area contributed by atoms with Gasteiger partial charge in [-0.2, -0.15) is 0 Å². The van der Waals surface area contributed by atoms with Crippen molar-refractivity contribution >= 4 is 11.4 Å². The fraction of sp³-hybridized carbons (Fsp3) is 0.571. The summed E-state index contributed by atoms with van der Waals surface area (Å²) in [6, 6.07) is 6.63. The molecular formula is C14H21N3O. The summed E-state index contributed by atoms with van der Waals surface area (Å²) < 4.78 is 5.29. The Morgan fingerprint density at radius 3 is 3.00 bits per heavy atom. The molecule has 0 bridgehead atoms. The van der Waals surface area contributed by atoms with Gasteiger partial charge in [0.2, 0.25) is 0 Å². The number of hydrogen-bond acceptors (Lipinski definition) is 4. The number of nitrogens with zero attached hydrogens (tertiary/aromatic N) is 2. The number of anilines is 2. The van der Waals surface area contributed by atoms with Crippen molar-refractivity contribution in [1.82, 2.24) is 4.90 Å². The van der Waals surface area contributed by atoms with Crippen LogP contribution in [-0.4, -0.2) is 44.2 Å². The molecule has 1 aromatic rings. The van der Waals surface area contributed by atoms with Gasteiger partial charge in [0.25, 0.3) is 0 Å². The van der Waals surface area contributed by atoms with Crippen molar-refractivity contribution in [2.45, 2.75) is 18.9 Å². The molecule has 2 aliphatic heterocycles. The minimum Gasteiger partial charge on any atom is -0.497 e. The van der Waals surface area contributed by atoms with Crippen molar-refractivity contribution in [1.29, 1.82) is 0 Å². The van der Waals surface area contributed by atoms with E-state index in [-0.39, 0.29) is 0 Å². The molecule has 0 saturated carbocycles. The van der Waals surface area contributed by atoms with E-state index in [4.69, 9.17) is 10.5 Å². The van der Waals surface area contributed by atoms with Crippen molar-refractivity contribution in [2.24, 2.45) is 0 Å². The van der Waals surface area contributed by atoms with Gasteiger partial charge in [-0.1, -0.05) is 0 Å². The van der Waals surface area contributed by atoms with Gasteiger partial charge in [0, 0.05) is 31.7 Å². The van der Waals surface area contributed by atoms with Crippen molar-refractivity contribution in [3.8, 4) is 5.75 Å². The third-order valence-electron chi connectivity index (χ3n) is 4.17. The van der Waals surface area contributed by atoms with Crippen LogP contribution in [0.5, 0.6) is 5.75 Å². The van der Waals surface area contributed by atoms with E-state index in [2.05, 4.69) is 15.9 Å². The zero-order valence-electron chi connectivity index (χ0n) is 10.9. The van der Waals surface area contributed by atoms with Crippen LogP contribution in [0.25, 0.3) is 0 Å². The summed E-state index contributed by atoms with van der Waals surface area (Å²) >= 11 is 0. The van der Waals surface area contributed by atoms with Gasteiger partial charge in [0.15, 0.2) is 0 Å². The highest BCUT2D eigenvalue weighted by Gasteiger charge is 2.31. The average Bonchev–Trinajstić information content (AvgIpc) is 2.86. The smallest absolute Gasteiger partial charge is 0.121 e. The number of methoxy groups -OCH3 is 1. The van der Waals surface area contributed by atoms with Crippen molar-refractivity contribution in [2.75, 3.05) is 43.9 Å². The maximum Gasteiger partial charge on any atom is 0.121 e. The van der Waals surface area contributed by atoms with Gasteiger partial charge in [-0.3, -0.25) is 4.90 Å². The molecule has 1 aromatic carbocycles. The van der Waals surface area contributed by atoms with Gasteiger partial charge in [0.05, 0.1) is 18.5 Å². The number of hydrogen-bond donors (Lipinski definition) is 1. The Kier molecular flexibility index (Phi) is 3.04. The van der Waals surface area contributed by atoms with Crippen LogP contribution in [0, 0.1) is 0 Å². The predicted octanol–water partition coefficient (Wildman–Crippen LogP) is 1.56. The van der Waals surface area contributed by atoms with E-state index in [0.29, 0.717) is 6.04 Å². The fourth-order valence-electron chi connectivity index (χ4n) is 3.13. The van der Waals surface area contributed by atoms with Crippen LogP contribution in [-0.2, 0) is 0 Å². The molecule has 0 spiro atoms. The van der Waals surface area contributed by atoms with Crippen LogP contribution in [0.15, 0.2) is 18.2 Å². The zero-order valence-corrected chi connectivity index (χ0v) is 10.9. The van der Waals surface area contributed by atoms with Crippen LogP contribution in [0.3, 0.4) is 0 Å². The molecule has 2 heterocycles. The predicted molar refractivity (Wildman–Crippen MR) is 74.2 cm³/mol. The quantitative estimate of drug-likeness (QED) is 0.805. The molecule has 0 radical (unpaired) electrons. The van der Waals surface area contributed by atoms with Gasteiger partial charge in [-0.25, -0.2) is 0 Å². The van der Waals surface area contributed by atoms with E-state index in [9.17, 15) is 0 Å². The summed E-state index contributed by atoms with van der Waals surface area (Å²) in [7, 11) is 1.70. The summed E-state index contributed by atoms with van der Waals surface area (Å²) in [6.07, 6.45) is 2.66. The third kappa shape index (κ3) is 2.01. The largest absolute Gasteiger partial charge is 0.497 e. The second-order valence-electron chi connectivity index (χ2n) is 5.20. The standard InChI is InChI=1S/C14H21N3O/c1-18-12-4-5-13(15)14(9-12)17-8-7-16-6-2-3-11(16)10-17/h4-5,9,11H,2-3,6-8,10,15H2,1H3. The summed E-state index contributed by atoms with van der Waals surface area (Å²) in [4.78, 5) is 5.01. The first kappa shape index (κ1) is 11.7. The Morgan fingerprint density at radius 1 is 1.28 bits per heavy atom. The molecule has 0 aliphatic carbocycles. The number of piperazine rings is 1. The molecule has 1 unspecified atom stereocenters. The lowest BCUT2D eigenvalue weighted by molar-refractivity contribution is 0.231.